The summed E-state index contributed by atoms with van der Waals surface area (Å²) in [6.07, 6.45) is 0. The average molecular weight is 280 g/mol. The van der Waals surface area contributed by atoms with Gasteiger partial charge in [0.15, 0.2) is 11.5 Å². The predicted molar refractivity (Wildman–Crippen MR) is 76.6 cm³/mol. The van der Waals surface area contributed by atoms with Gasteiger partial charge in [-0.1, -0.05) is 0 Å². The monoisotopic (exact) mass is 280 g/mol. The molecular weight excluding hydrogens is 260 g/mol. The molecule has 1 amide bonds. The number of carboxylic acids is 1. The van der Waals surface area contributed by atoms with Gasteiger partial charge in [-0.3, -0.25) is 4.79 Å². The van der Waals surface area contributed by atoms with Crippen molar-refractivity contribution in [3.63, 3.8) is 0 Å². The van der Waals surface area contributed by atoms with E-state index in [9.17, 15) is 9.59 Å². The highest BCUT2D eigenvalue weighted by atomic mass is 16.4. The Labute approximate surface area is 117 Å². The highest BCUT2D eigenvalue weighted by molar-refractivity contribution is 5.88. The lowest BCUT2D eigenvalue weighted by molar-refractivity contribution is -0.131. The van der Waals surface area contributed by atoms with E-state index < -0.39 is 12.0 Å². The summed E-state index contributed by atoms with van der Waals surface area (Å²) in [5.41, 5.74) is 5.92. The van der Waals surface area contributed by atoms with E-state index >= 15 is 0 Å². The molecule has 20 heavy (non-hydrogen) atoms. The van der Waals surface area contributed by atoms with Crippen LogP contribution in [0.5, 0.6) is 0 Å². The van der Waals surface area contributed by atoms with Crippen molar-refractivity contribution in [3.05, 3.63) is 17.8 Å². The van der Waals surface area contributed by atoms with Gasteiger partial charge in [-0.15, -0.1) is 0 Å². The van der Waals surface area contributed by atoms with Gasteiger partial charge in [-0.25, -0.2) is 9.78 Å². The third-order valence-corrected chi connectivity index (χ3v) is 2.94. The minimum Gasteiger partial charge on any atom is -0.477 e. The number of rotatable bonds is 6. The van der Waals surface area contributed by atoms with Crippen LogP contribution in [-0.2, 0) is 4.79 Å². The van der Waals surface area contributed by atoms with E-state index in [1.165, 1.54) is 12.1 Å². The Kier molecular flexibility index (Phi) is 5.31. The van der Waals surface area contributed by atoms with Crippen LogP contribution < -0.4 is 11.1 Å². The maximum atomic E-state index is 12.1. The van der Waals surface area contributed by atoms with Gasteiger partial charge in [0.05, 0.1) is 5.69 Å². The van der Waals surface area contributed by atoms with E-state index in [1.807, 2.05) is 13.8 Å². The summed E-state index contributed by atoms with van der Waals surface area (Å²) in [6.45, 7) is 6.70. The van der Waals surface area contributed by atoms with Crippen LogP contribution in [0.2, 0.25) is 0 Å². The molecule has 4 N–H and O–H groups in total. The smallest absolute Gasteiger partial charge is 0.354 e. The molecule has 0 saturated heterocycles. The number of pyridine rings is 1. The first-order valence-corrected chi connectivity index (χ1v) is 6.45. The van der Waals surface area contributed by atoms with Crippen LogP contribution in [-0.4, -0.2) is 46.0 Å². The quantitative estimate of drug-likeness (QED) is 0.718. The molecule has 1 atom stereocenters. The largest absolute Gasteiger partial charge is 0.477 e. The molecule has 1 aromatic rings. The summed E-state index contributed by atoms with van der Waals surface area (Å²) >= 11 is 0. The molecule has 1 rings (SSSR count). The van der Waals surface area contributed by atoms with Crippen LogP contribution >= 0.6 is 0 Å². The van der Waals surface area contributed by atoms with Crippen LogP contribution in [0, 0.1) is 0 Å². The van der Waals surface area contributed by atoms with E-state index in [4.69, 9.17) is 10.8 Å². The molecule has 0 radical (unpaired) electrons. The SMILES string of the molecule is CCN(CC)C(=O)C(C)Nc1nc(C(=O)O)ccc1N. The topological polar surface area (TPSA) is 109 Å². The van der Waals surface area contributed by atoms with Gasteiger partial charge in [-0.2, -0.15) is 0 Å². The first-order valence-electron chi connectivity index (χ1n) is 6.45. The van der Waals surface area contributed by atoms with Gasteiger partial charge in [-0.05, 0) is 32.9 Å². The molecule has 7 nitrogen and oxygen atoms in total. The second kappa shape index (κ2) is 6.74. The number of likely N-dealkylation sites (N-methyl/N-ethyl adjacent to an activating group) is 1. The molecular formula is C13H20N4O3. The van der Waals surface area contributed by atoms with Crippen molar-refractivity contribution in [2.45, 2.75) is 26.8 Å². The number of nitrogens with one attached hydrogen (secondary N) is 1. The second-order valence-electron chi connectivity index (χ2n) is 4.32. The van der Waals surface area contributed by atoms with E-state index in [0.717, 1.165) is 0 Å². The minimum absolute atomic E-state index is 0.0862. The first-order chi connectivity index (χ1) is 9.40. The number of carbonyl (C=O) groups excluding carboxylic acids is 1. The summed E-state index contributed by atoms with van der Waals surface area (Å²) in [7, 11) is 0. The molecule has 1 unspecified atom stereocenters. The number of aromatic nitrogens is 1. The normalized spacial score (nSPS) is 11.8. The Balaban J connectivity index is 2.89. The van der Waals surface area contributed by atoms with Crippen LogP contribution in [0.1, 0.15) is 31.3 Å². The highest BCUT2D eigenvalue weighted by Gasteiger charge is 2.19. The Bertz CT molecular complexity index is 500. The Morgan fingerprint density at radius 2 is 2.00 bits per heavy atom. The van der Waals surface area contributed by atoms with Crippen molar-refractivity contribution in [3.8, 4) is 0 Å². The number of nitrogens with two attached hydrogens (primary N) is 1. The average Bonchev–Trinajstić information content (AvgIpc) is 2.42. The van der Waals surface area contributed by atoms with Gasteiger partial charge in [0.1, 0.15) is 6.04 Å². The van der Waals surface area contributed by atoms with Crippen LogP contribution in [0.25, 0.3) is 0 Å². The van der Waals surface area contributed by atoms with Crippen molar-refractivity contribution >= 4 is 23.4 Å². The summed E-state index contributed by atoms with van der Waals surface area (Å²) in [4.78, 5) is 28.6. The third-order valence-electron chi connectivity index (χ3n) is 2.94. The summed E-state index contributed by atoms with van der Waals surface area (Å²) in [5.74, 6) is -1.02. The maximum Gasteiger partial charge on any atom is 0.354 e. The molecule has 1 aromatic heterocycles. The number of amides is 1. The number of carbonyl (C=O) groups is 2. The number of anilines is 2. The van der Waals surface area contributed by atoms with E-state index in [2.05, 4.69) is 10.3 Å². The van der Waals surface area contributed by atoms with Gasteiger partial charge in [0.2, 0.25) is 5.91 Å². The zero-order valence-electron chi connectivity index (χ0n) is 11.9. The fraction of sp³-hybridized carbons (Fsp3) is 0.462. The van der Waals surface area contributed by atoms with Crippen molar-refractivity contribution in [1.29, 1.82) is 0 Å². The molecule has 1 heterocycles. The predicted octanol–water partition coefficient (Wildman–Crippen LogP) is 1.03. The van der Waals surface area contributed by atoms with Crippen molar-refractivity contribution in [1.82, 2.24) is 9.88 Å². The molecule has 0 fully saturated rings. The third kappa shape index (κ3) is 3.59. The van der Waals surface area contributed by atoms with Gasteiger partial charge in [0, 0.05) is 13.1 Å². The molecule has 0 saturated carbocycles. The Hall–Kier alpha value is -2.31. The molecule has 0 aliphatic heterocycles. The number of hydrogen-bond acceptors (Lipinski definition) is 5. The number of nitrogens with zero attached hydrogens (tertiary/aromatic N) is 2. The molecule has 0 aliphatic carbocycles. The summed E-state index contributed by atoms with van der Waals surface area (Å²) in [6, 6.07) is 2.24. The van der Waals surface area contributed by atoms with Crippen molar-refractivity contribution in [2.24, 2.45) is 0 Å². The molecule has 7 heteroatoms. The van der Waals surface area contributed by atoms with Crippen molar-refractivity contribution < 1.29 is 14.7 Å². The molecule has 0 spiro atoms. The molecule has 110 valence electrons. The first kappa shape index (κ1) is 15.7. The highest BCUT2D eigenvalue weighted by Crippen LogP contribution is 2.17. The zero-order chi connectivity index (χ0) is 15.3. The van der Waals surface area contributed by atoms with E-state index in [1.54, 1.807) is 11.8 Å². The fourth-order valence-electron chi connectivity index (χ4n) is 1.78. The number of carboxylic acid groups (broad SMARTS) is 1. The summed E-state index contributed by atoms with van der Waals surface area (Å²) in [5, 5.41) is 11.8. The van der Waals surface area contributed by atoms with Gasteiger partial charge >= 0.3 is 5.97 Å². The van der Waals surface area contributed by atoms with Gasteiger partial charge in [0.25, 0.3) is 0 Å². The van der Waals surface area contributed by atoms with Gasteiger partial charge < -0.3 is 21.1 Å². The van der Waals surface area contributed by atoms with Crippen LogP contribution in [0.3, 0.4) is 0 Å². The number of nitrogen functional groups attached to an aromatic ring is 1. The minimum atomic E-state index is -1.14. The van der Waals surface area contributed by atoms with Crippen LogP contribution in [0.4, 0.5) is 11.5 Å². The summed E-state index contributed by atoms with van der Waals surface area (Å²) < 4.78 is 0. The zero-order valence-corrected chi connectivity index (χ0v) is 11.9. The number of hydrogen-bond donors (Lipinski definition) is 3. The fourth-order valence-corrected chi connectivity index (χ4v) is 1.78. The van der Waals surface area contributed by atoms with Crippen molar-refractivity contribution in [2.75, 3.05) is 24.1 Å². The molecule has 0 bridgehead atoms. The standard InChI is InChI=1S/C13H20N4O3/c1-4-17(5-2)12(18)8(3)15-11-9(14)6-7-10(16-11)13(19)20/h6-8H,4-5,14H2,1-3H3,(H,15,16)(H,19,20). The van der Waals surface area contributed by atoms with Crippen LogP contribution in [0.15, 0.2) is 12.1 Å². The lowest BCUT2D eigenvalue weighted by atomic mass is 10.2. The van der Waals surface area contributed by atoms with E-state index in [-0.39, 0.29) is 17.4 Å². The lowest BCUT2D eigenvalue weighted by Crippen LogP contribution is -2.41. The van der Waals surface area contributed by atoms with E-state index in [0.29, 0.717) is 18.8 Å². The second-order valence-corrected chi connectivity index (χ2v) is 4.32. The number of aromatic carboxylic acids is 1. The maximum absolute atomic E-state index is 12.1. The Morgan fingerprint density at radius 1 is 1.40 bits per heavy atom. The molecule has 0 aliphatic rings. The Morgan fingerprint density at radius 3 is 2.50 bits per heavy atom. The lowest BCUT2D eigenvalue weighted by Gasteiger charge is -2.24. The molecule has 0 aromatic carbocycles.